The molecule has 154 valence electrons. The first kappa shape index (κ1) is 21.5. The number of furan rings is 1. The van der Waals surface area contributed by atoms with E-state index in [0.29, 0.717) is 28.6 Å². The van der Waals surface area contributed by atoms with Gasteiger partial charge in [0.1, 0.15) is 11.5 Å². The van der Waals surface area contributed by atoms with Gasteiger partial charge in [-0.1, -0.05) is 0 Å². The molecule has 0 unspecified atom stereocenters. The van der Waals surface area contributed by atoms with Gasteiger partial charge in [0.2, 0.25) is 0 Å². The number of carbonyl (C=O) groups excluding carboxylic acids is 3. The Balaban J connectivity index is 1.89. The fraction of sp³-hybridized carbons (Fsp3) is 0.263. The van der Waals surface area contributed by atoms with Gasteiger partial charge >= 0.3 is 11.9 Å². The van der Waals surface area contributed by atoms with E-state index in [4.69, 9.17) is 13.9 Å². The second kappa shape index (κ2) is 10.5. The molecule has 0 atom stereocenters. The molecule has 0 bridgehead atoms. The van der Waals surface area contributed by atoms with Crippen molar-refractivity contribution in [3.05, 3.63) is 47.4 Å². The molecule has 0 fully saturated rings. The van der Waals surface area contributed by atoms with E-state index in [2.05, 4.69) is 20.6 Å². The monoisotopic (exact) mass is 403 g/mol. The topological polar surface area (TPSA) is 128 Å². The second-order valence-electron chi connectivity index (χ2n) is 5.48. The van der Waals surface area contributed by atoms with E-state index in [-0.39, 0.29) is 13.2 Å². The first-order chi connectivity index (χ1) is 14.0. The van der Waals surface area contributed by atoms with E-state index >= 15 is 0 Å². The third-order valence-electron chi connectivity index (χ3n) is 3.57. The maximum Gasteiger partial charge on any atom is 0.396 e. The molecule has 1 aromatic heterocycles. The van der Waals surface area contributed by atoms with Gasteiger partial charge in [-0.05, 0) is 37.3 Å². The third-order valence-corrected chi connectivity index (χ3v) is 3.57. The normalized spacial score (nSPS) is 10.4. The van der Waals surface area contributed by atoms with Crippen molar-refractivity contribution in [1.29, 1.82) is 0 Å². The van der Waals surface area contributed by atoms with E-state index in [1.54, 1.807) is 31.2 Å². The van der Waals surface area contributed by atoms with Gasteiger partial charge in [0, 0.05) is 5.56 Å². The van der Waals surface area contributed by atoms with Crippen LogP contribution in [-0.2, 0) is 20.9 Å². The lowest BCUT2D eigenvalue weighted by Gasteiger charge is -2.08. The first-order valence-electron chi connectivity index (χ1n) is 8.57. The smallest absolute Gasteiger partial charge is 0.396 e. The number of benzene rings is 1. The van der Waals surface area contributed by atoms with Crippen molar-refractivity contribution in [2.24, 2.45) is 5.10 Å². The number of esters is 1. The van der Waals surface area contributed by atoms with E-state index in [1.165, 1.54) is 26.5 Å². The van der Waals surface area contributed by atoms with E-state index in [0.717, 1.165) is 0 Å². The highest BCUT2D eigenvalue weighted by molar-refractivity contribution is 6.32. The number of carbonyl (C=O) groups is 3. The number of methoxy groups -OCH3 is 2. The molecular weight excluding hydrogens is 382 g/mol. The lowest BCUT2D eigenvalue weighted by atomic mass is 10.2. The summed E-state index contributed by atoms with van der Waals surface area (Å²) in [5.41, 5.74) is 2.70. The molecule has 0 aliphatic heterocycles. The molecule has 2 rings (SSSR count). The summed E-state index contributed by atoms with van der Waals surface area (Å²) in [6, 6.07) is 7.91. The molecule has 2 amide bonds. The average Bonchev–Trinajstić information content (AvgIpc) is 3.19. The minimum absolute atomic E-state index is 0.00346. The fourth-order valence-electron chi connectivity index (χ4n) is 2.19. The number of rotatable bonds is 8. The Labute approximate surface area is 166 Å². The molecule has 0 radical (unpaired) electrons. The van der Waals surface area contributed by atoms with Gasteiger partial charge in [-0.3, -0.25) is 9.59 Å². The van der Waals surface area contributed by atoms with Crippen molar-refractivity contribution in [2.45, 2.75) is 13.5 Å². The van der Waals surface area contributed by atoms with Crippen molar-refractivity contribution in [3.63, 3.8) is 0 Å². The van der Waals surface area contributed by atoms with Gasteiger partial charge in [0.05, 0.1) is 33.6 Å². The molecule has 2 N–H and O–H groups in total. The minimum Gasteiger partial charge on any atom is -0.493 e. The van der Waals surface area contributed by atoms with Crippen molar-refractivity contribution in [1.82, 2.24) is 10.7 Å². The molecule has 0 aliphatic carbocycles. The summed E-state index contributed by atoms with van der Waals surface area (Å²) in [7, 11) is 2.98. The van der Waals surface area contributed by atoms with Crippen molar-refractivity contribution in [3.8, 4) is 11.5 Å². The van der Waals surface area contributed by atoms with Crippen molar-refractivity contribution >= 4 is 24.0 Å². The average molecular weight is 403 g/mol. The zero-order valence-corrected chi connectivity index (χ0v) is 16.2. The number of nitrogens with zero attached hydrogens (tertiary/aromatic N) is 1. The van der Waals surface area contributed by atoms with Crippen LogP contribution in [0, 0.1) is 0 Å². The standard InChI is InChI=1S/C19H21N3O7/c1-4-28-19(25)18(24)20-10-13-6-7-14(29-13)11-21-22-17(23)12-5-8-15(26-2)16(9-12)27-3/h5-9,11H,4,10H2,1-3H3,(H,20,24)(H,22,23)/b21-11-. The van der Waals surface area contributed by atoms with E-state index in [9.17, 15) is 14.4 Å². The van der Waals surface area contributed by atoms with Crippen molar-refractivity contribution in [2.75, 3.05) is 20.8 Å². The van der Waals surface area contributed by atoms with Crippen LogP contribution in [0.25, 0.3) is 0 Å². The molecule has 1 aromatic carbocycles. The second-order valence-corrected chi connectivity index (χ2v) is 5.48. The van der Waals surface area contributed by atoms with Gasteiger partial charge in [0.25, 0.3) is 5.91 Å². The highest BCUT2D eigenvalue weighted by Crippen LogP contribution is 2.27. The van der Waals surface area contributed by atoms with Crippen molar-refractivity contribution < 1.29 is 33.0 Å². The Morgan fingerprint density at radius 1 is 1.10 bits per heavy atom. The summed E-state index contributed by atoms with van der Waals surface area (Å²) >= 11 is 0. The van der Waals surface area contributed by atoms with Crippen LogP contribution in [0.1, 0.15) is 28.8 Å². The minimum atomic E-state index is -0.960. The summed E-state index contributed by atoms with van der Waals surface area (Å²) in [4.78, 5) is 34.8. The Hall–Kier alpha value is -3.82. The summed E-state index contributed by atoms with van der Waals surface area (Å²) < 4.78 is 20.3. The zero-order chi connectivity index (χ0) is 21.2. The highest BCUT2D eigenvalue weighted by atomic mass is 16.5. The molecule has 0 aliphatic rings. The quantitative estimate of drug-likeness (QED) is 0.294. The molecule has 1 heterocycles. The number of hydrogen-bond acceptors (Lipinski definition) is 8. The molecule has 29 heavy (non-hydrogen) atoms. The molecule has 2 aromatic rings. The van der Waals surface area contributed by atoms with Crippen LogP contribution in [0.4, 0.5) is 0 Å². The van der Waals surface area contributed by atoms with Gasteiger partial charge < -0.3 is 23.9 Å². The number of ether oxygens (including phenoxy) is 3. The maximum atomic E-state index is 12.2. The largest absolute Gasteiger partial charge is 0.493 e. The highest BCUT2D eigenvalue weighted by Gasteiger charge is 2.14. The third kappa shape index (κ3) is 6.09. The van der Waals surface area contributed by atoms with Crippen LogP contribution in [0.2, 0.25) is 0 Å². The summed E-state index contributed by atoms with van der Waals surface area (Å²) in [6.45, 7) is 1.72. The maximum absolute atomic E-state index is 12.2. The number of hydrazone groups is 1. The molecule has 0 spiro atoms. The van der Waals surface area contributed by atoms with E-state index < -0.39 is 17.8 Å². The van der Waals surface area contributed by atoms with Crippen LogP contribution in [0.3, 0.4) is 0 Å². The first-order valence-corrected chi connectivity index (χ1v) is 8.57. The SMILES string of the molecule is CCOC(=O)C(=O)NCc1ccc(/C=N\NC(=O)c2ccc(OC)c(OC)c2)o1. The van der Waals surface area contributed by atoms with Crippen LogP contribution in [-0.4, -0.2) is 44.8 Å². The van der Waals surface area contributed by atoms with E-state index in [1.807, 2.05) is 0 Å². The van der Waals surface area contributed by atoms with Gasteiger partial charge in [-0.2, -0.15) is 5.10 Å². The Morgan fingerprint density at radius 3 is 2.55 bits per heavy atom. The van der Waals surface area contributed by atoms with Gasteiger partial charge in [-0.25, -0.2) is 10.2 Å². The van der Waals surface area contributed by atoms with Crippen LogP contribution < -0.4 is 20.2 Å². The molecule has 10 nitrogen and oxygen atoms in total. The van der Waals surface area contributed by atoms with Crippen LogP contribution in [0.5, 0.6) is 11.5 Å². The Morgan fingerprint density at radius 2 is 1.86 bits per heavy atom. The molecular formula is C19H21N3O7. The van der Waals surface area contributed by atoms with Crippen LogP contribution in [0.15, 0.2) is 39.9 Å². The summed E-state index contributed by atoms with van der Waals surface area (Å²) in [5, 5.41) is 6.19. The number of amides is 2. The number of nitrogens with one attached hydrogen (secondary N) is 2. The lowest BCUT2D eigenvalue weighted by Crippen LogP contribution is -2.31. The molecule has 0 saturated carbocycles. The predicted molar refractivity (Wildman–Crippen MR) is 102 cm³/mol. The van der Waals surface area contributed by atoms with Crippen LogP contribution >= 0.6 is 0 Å². The zero-order valence-electron chi connectivity index (χ0n) is 16.2. The Kier molecular flexibility index (Phi) is 7.78. The predicted octanol–water partition coefficient (Wildman–Crippen LogP) is 1.24. The molecule has 0 saturated heterocycles. The summed E-state index contributed by atoms with van der Waals surface area (Å²) in [5.74, 6) is -0.598. The number of hydrogen-bond donors (Lipinski definition) is 2. The van der Waals surface area contributed by atoms with Gasteiger partial charge in [-0.15, -0.1) is 0 Å². The summed E-state index contributed by atoms with van der Waals surface area (Å²) in [6.07, 6.45) is 1.30. The molecule has 10 heteroatoms. The fourth-order valence-corrected chi connectivity index (χ4v) is 2.19. The Bertz CT molecular complexity index is 905. The van der Waals surface area contributed by atoms with Gasteiger partial charge in [0.15, 0.2) is 11.5 Å². The lowest BCUT2D eigenvalue weighted by molar-refractivity contribution is -0.154.